The predicted molar refractivity (Wildman–Crippen MR) is 118 cm³/mol. The van der Waals surface area contributed by atoms with Crippen LogP contribution < -0.4 is 10.6 Å². The van der Waals surface area contributed by atoms with Gasteiger partial charge >= 0.3 is 5.97 Å². The molecule has 6 heteroatoms. The minimum Gasteiger partial charge on any atom is -0.465 e. The van der Waals surface area contributed by atoms with E-state index in [1.54, 1.807) is 24.4 Å². The number of anilines is 2. The third-order valence-electron chi connectivity index (χ3n) is 4.61. The predicted octanol–water partition coefficient (Wildman–Crippen LogP) is 4.89. The number of ether oxygens (including phenoxy) is 1. The molecule has 0 aliphatic carbocycles. The maximum absolute atomic E-state index is 11.9. The smallest absolute Gasteiger partial charge is 0.337 e. The van der Waals surface area contributed by atoms with Crippen molar-refractivity contribution in [1.29, 1.82) is 0 Å². The van der Waals surface area contributed by atoms with Gasteiger partial charge < -0.3 is 15.4 Å². The lowest BCUT2D eigenvalue weighted by molar-refractivity contribution is -0.116. The summed E-state index contributed by atoms with van der Waals surface area (Å²) in [6.45, 7) is 2.55. The van der Waals surface area contributed by atoms with Crippen LogP contribution in [-0.4, -0.2) is 24.0 Å². The third kappa shape index (κ3) is 5.44. The first kappa shape index (κ1) is 21.0. The standard InChI is InChI=1S/C24H25N3O3/c1-3-5-22(28)27-21-6-4-15-25-23(21)26-16-17-7-9-18(10-8-17)19-11-13-20(14-12-19)24(29)30-2/h4,6-15H,3,5,16H2,1-2H3,(H,25,26)(H,27,28). The Morgan fingerprint density at radius 1 is 0.967 bits per heavy atom. The van der Waals surface area contributed by atoms with Crippen molar-refractivity contribution < 1.29 is 14.3 Å². The molecule has 0 unspecified atom stereocenters. The maximum atomic E-state index is 11.9. The molecular formula is C24H25N3O3. The van der Waals surface area contributed by atoms with Crippen LogP contribution in [0.4, 0.5) is 11.5 Å². The summed E-state index contributed by atoms with van der Waals surface area (Å²) in [5.74, 6) is 0.281. The van der Waals surface area contributed by atoms with Crippen molar-refractivity contribution >= 4 is 23.4 Å². The maximum Gasteiger partial charge on any atom is 0.337 e. The van der Waals surface area contributed by atoms with Crippen molar-refractivity contribution in [3.8, 4) is 11.1 Å². The van der Waals surface area contributed by atoms with Crippen LogP contribution in [0.2, 0.25) is 0 Å². The molecule has 0 spiro atoms. The molecule has 0 fully saturated rings. The van der Waals surface area contributed by atoms with Gasteiger partial charge in [0, 0.05) is 19.2 Å². The van der Waals surface area contributed by atoms with Gasteiger partial charge in [0.05, 0.1) is 18.4 Å². The van der Waals surface area contributed by atoms with Crippen LogP contribution in [0.25, 0.3) is 11.1 Å². The van der Waals surface area contributed by atoms with Crippen LogP contribution >= 0.6 is 0 Å². The highest BCUT2D eigenvalue weighted by molar-refractivity contribution is 5.93. The molecule has 30 heavy (non-hydrogen) atoms. The van der Waals surface area contributed by atoms with E-state index in [-0.39, 0.29) is 11.9 Å². The topological polar surface area (TPSA) is 80.3 Å². The number of carbonyl (C=O) groups is 2. The van der Waals surface area contributed by atoms with Crippen LogP contribution in [0.5, 0.6) is 0 Å². The molecule has 3 rings (SSSR count). The van der Waals surface area contributed by atoms with Crippen LogP contribution in [0, 0.1) is 0 Å². The fraction of sp³-hybridized carbons (Fsp3) is 0.208. The van der Waals surface area contributed by atoms with E-state index < -0.39 is 0 Å². The molecule has 0 saturated carbocycles. The molecule has 1 amide bonds. The van der Waals surface area contributed by atoms with Gasteiger partial charge in [-0.05, 0) is 47.4 Å². The number of nitrogens with zero attached hydrogens (tertiary/aromatic N) is 1. The highest BCUT2D eigenvalue weighted by Crippen LogP contribution is 2.22. The first-order chi connectivity index (χ1) is 14.6. The number of methoxy groups -OCH3 is 1. The highest BCUT2D eigenvalue weighted by Gasteiger charge is 2.08. The zero-order chi connectivity index (χ0) is 21.3. The van der Waals surface area contributed by atoms with E-state index in [1.165, 1.54) is 7.11 Å². The number of carbonyl (C=O) groups excluding carboxylic acids is 2. The fourth-order valence-electron chi connectivity index (χ4n) is 3.00. The molecule has 2 N–H and O–H groups in total. The number of benzene rings is 2. The van der Waals surface area contributed by atoms with Crippen molar-refractivity contribution in [3.63, 3.8) is 0 Å². The molecular weight excluding hydrogens is 378 g/mol. The van der Waals surface area contributed by atoms with E-state index in [0.29, 0.717) is 30.0 Å². The van der Waals surface area contributed by atoms with E-state index in [2.05, 4.69) is 15.6 Å². The Kier molecular flexibility index (Phi) is 7.16. The average molecular weight is 403 g/mol. The number of rotatable bonds is 8. The van der Waals surface area contributed by atoms with E-state index in [4.69, 9.17) is 4.74 Å². The lowest BCUT2D eigenvalue weighted by Gasteiger charge is -2.12. The Morgan fingerprint density at radius 3 is 2.27 bits per heavy atom. The Balaban J connectivity index is 1.64. The number of hydrogen-bond donors (Lipinski definition) is 2. The highest BCUT2D eigenvalue weighted by atomic mass is 16.5. The van der Waals surface area contributed by atoms with Gasteiger partial charge in [-0.25, -0.2) is 9.78 Å². The summed E-state index contributed by atoms with van der Waals surface area (Å²) in [7, 11) is 1.37. The van der Waals surface area contributed by atoms with Gasteiger partial charge in [0.2, 0.25) is 5.91 Å². The molecule has 0 aliphatic heterocycles. The van der Waals surface area contributed by atoms with Crippen molar-refractivity contribution in [1.82, 2.24) is 4.98 Å². The molecule has 0 bridgehead atoms. The molecule has 0 atom stereocenters. The second-order valence-corrected chi connectivity index (χ2v) is 6.82. The fourth-order valence-corrected chi connectivity index (χ4v) is 3.00. The Hall–Kier alpha value is -3.67. The number of hydrogen-bond acceptors (Lipinski definition) is 5. The van der Waals surface area contributed by atoms with Crippen molar-refractivity contribution in [3.05, 3.63) is 78.0 Å². The Labute approximate surface area is 176 Å². The summed E-state index contributed by atoms with van der Waals surface area (Å²) >= 11 is 0. The first-order valence-electron chi connectivity index (χ1n) is 9.87. The summed E-state index contributed by atoms with van der Waals surface area (Å²) in [4.78, 5) is 27.8. The van der Waals surface area contributed by atoms with E-state index in [0.717, 1.165) is 23.1 Å². The number of aromatic nitrogens is 1. The minimum atomic E-state index is -0.345. The molecule has 6 nitrogen and oxygen atoms in total. The summed E-state index contributed by atoms with van der Waals surface area (Å²) in [6, 6.07) is 19.1. The van der Waals surface area contributed by atoms with Crippen LogP contribution in [-0.2, 0) is 16.1 Å². The lowest BCUT2D eigenvalue weighted by atomic mass is 10.0. The molecule has 2 aromatic carbocycles. The van der Waals surface area contributed by atoms with Crippen molar-refractivity contribution in [2.24, 2.45) is 0 Å². The van der Waals surface area contributed by atoms with Gasteiger partial charge in [0.15, 0.2) is 0 Å². The number of amides is 1. The second-order valence-electron chi connectivity index (χ2n) is 6.82. The van der Waals surface area contributed by atoms with Gasteiger partial charge in [-0.15, -0.1) is 0 Å². The van der Waals surface area contributed by atoms with Crippen molar-refractivity contribution in [2.75, 3.05) is 17.7 Å². The molecule has 0 aliphatic rings. The first-order valence-corrected chi connectivity index (χ1v) is 9.87. The molecule has 0 radical (unpaired) electrons. The summed E-state index contributed by atoms with van der Waals surface area (Å²) in [5, 5.41) is 6.18. The molecule has 154 valence electrons. The van der Waals surface area contributed by atoms with E-state index in [1.807, 2.05) is 49.4 Å². The average Bonchev–Trinajstić information content (AvgIpc) is 2.78. The van der Waals surface area contributed by atoms with E-state index in [9.17, 15) is 9.59 Å². The third-order valence-corrected chi connectivity index (χ3v) is 4.61. The minimum absolute atomic E-state index is 0.0175. The lowest BCUT2D eigenvalue weighted by Crippen LogP contribution is -2.13. The number of pyridine rings is 1. The Bertz CT molecular complexity index is 999. The molecule has 3 aromatic rings. The molecule has 1 heterocycles. The Morgan fingerprint density at radius 2 is 1.63 bits per heavy atom. The monoisotopic (exact) mass is 403 g/mol. The van der Waals surface area contributed by atoms with Gasteiger partial charge in [0.25, 0.3) is 0 Å². The zero-order valence-corrected chi connectivity index (χ0v) is 17.1. The normalized spacial score (nSPS) is 10.3. The summed E-state index contributed by atoms with van der Waals surface area (Å²) in [6.07, 6.45) is 2.97. The number of esters is 1. The van der Waals surface area contributed by atoms with Crippen LogP contribution in [0.15, 0.2) is 66.9 Å². The van der Waals surface area contributed by atoms with Crippen LogP contribution in [0.1, 0.15) is 35.7 Å². The second kappa shape index (κ2) is 10.2. The van der Waals surface area contributed by atoms with Gasteiger partial charge in [-0.2, -0.15) is 0 Å². The van der Waals surface area contributed by atoms with Gasteiger partial charge in [-0.1, -0.05) is 43.3 Å². The largest absolute Gasteiger partial charge is 0.465 e. The summed E-state index contributed by atoms with van der Waals surface area (Å²) < 4.78 is 4.73. The van der Waals surface area contributed by atoms with Gasteiger partial charge in [0.1, 0.15) is 5.82 Å². The van der Waals surface area contributed by atoms with Gasteiger partial charge in [-0.3, -0.25) is 4.79 Å². The summed E-state index contributed by atoms with van der Waals surface area (Å²) in [5.41, 5.74) is 4.37. The van der Waals surface area contributed by atoms with E-state index >= 15 is 0 Å². The SMILES string of the molecule is CCCC(=O)Nc1cccnc1NCc1ccc(-c2ccc(C(=O)OC)cc2)cc1. The molecule has 1 aromatic heterocycles. The quantitative estimate of drug-likeness (QED) is 0.524. The number of nitrogens with one attached hydrogen (secondary N) is 2. The van der Waals surface area contributed by atoms with Crippen LogP contribution in [0.3, 0.4) is 0 Å². The zero-order valence-electron chi connectivity index (χ0n) is 17.1. The van der Waals surface area contributed by atoms with Crippen molar-refractivity contribution in [2.45, 2.75) is 26.3 Å². The molecule has 0 saturated heterocycles.